The van der Waals surface area contributed by atoms with Crippen molar-refractivity contribution in [3.63, 3.8) is 0 Å². The number of carbonyl (C=O) groups excluding carboxylic acids is 1. The minimum Gasteiger partial charge on any atom is -0.462 e. The van der Waals surface area contributed by atoms with E-state index in [2.05, 4.69) is 0 Å². The van der Waals surface area contributed by atoms with Crippen molar-refractivity contribution in [3.05, 3.63) is 61.8 Å². The summed E-state index contributed by atoms with van der Waals surface area (Å²) in [6, 6.07) is 9.31. The van der Waals surface area contributed by atoms with Crippen molar-refractivity contribution in [2.75, 3.05) is 6.61 Å². The summed E-state index contributed by atoms with van der Waals surface area (Å²) >= 11 is 1.01. The summed E-state index contributed by atoms with van der Waals surface area (Å²) in [4.78, 5) is 25.7. The average Bonchev–Trinajstić information content (AvgIpc) is 3.02. The Hall–Kier alpha value is -2.87. The van der Waals surface area contributed by atoms with E-state index in [-0.39, 0.29) is 17.0 Å². The van der Waals surface area contributed by atoms with Crippen LogP contribution in [0.4, 0.5) is 0 Å². The van der Waals surface area contributed by atoms with Gasteiger partial charge >= 0.3 is 5.97 Å². The van der Waals surface area contributed by atoms with E-state index in [1.54, 1.807) is 30.3 Å². The van der Waals surface area contributed by atoms with Gasteiger partial charge in [0.15, 0.2) is 4.80 Å². The number of rotatable bonds is 4. The van der Waals surface area contributed by atoms with E-state index >= 15 is 0 Å². The number of aromatic nitrogens is 3. The maximum atomic E-state index is 13.1. The smallest absolute Gasteiger partial charge is 0.350 e. The van der Waals surface area contributed by atoms with E-state index in [4.69, 9.17) is 10.1 Å². The van der Waals surface area contributed by atoms with Gasteiger partial charge in [-0.05, 0) is 32.9 Å². The number of carbonyl (C=O) groups is 1. The predicted molar refractivity (Wildman–Crippen MR) is 99.5 cm³/mol. The number of thiazole rings is 1. The van der Waals surface area contributed by atoms with E-state index in [9.17, 15) is 9.59 Å². The fraction of sp³-hybridized carbons (Fsp3) is 0.278. The molecule has 2 heterocycles. The third-order valence-electron chi connectivity index (χ3n) is 4.27. The maximum Gasteiger partial charge on any atom is 0.350 e. The van der Waals surface area contributed by atoms with E-state index in [0.29, 0.717) is 22.0 Å². The molecule has 0 radical (unpaired) electrons. The Labute approximate surface area is 154 Å². The van der Waals surface area contributed by atoms with E-state index in [0.717, 1.165) is 17.0 Å². The summed E-state index contributed by atoms with van der Waals surface area (Å²) in [6.07, 6.45) is 0. The van der Waals surface area contributed by atoms with Gasteiger partial charge in [0.1, 0.15) is 10.6 Å². The van der Waals surface area contributed by atoms with Crippen LogP contribution in [0, 0.1) is 19.3 Å². The third kappa shape index (κ3) is 2.72. The molecule has 0 bridgehead atoms. The second-order valence-electron chi connectivity index (χ2n) is 5.79. The molecule has 0 amide bonds. The molecule has 0 saturated carbocycles. The lowest BCUT2D eigenvalue weighted by molar-refractivity contribution is 0.0531. The van der Waals surface area contributed by atoms with Crippen molar-refractivity contribution in [2.24, 2.45) is 7.05 Å². The highest BCUT2D eigenvalue weighted by Crippen LogP contribution is 2.19. The standard InChI is InChI=1S/C18H20N4O3S/c1-5-25-17(24)15-12(3)21(18(19)26-15)14-11(2)20(4)22(16(14)23)13-9-7-6-8-10-13/h6-10,19H,5H2,1-4H3. The van der Waals surface area contributed by atoms with Crippen molar-refractivity contribution in [1.82, 2.24) is 13.9 Å². The lowest BCUT2D eigenvalue weighted by Gasteiger charge is -2.07. The number of nitrogens with one attached hydrogen (secondary N) is 1. The molecule has 3 rings (SSSR count). The maximum absolute atomic E-state index is 13.1. The summed E-state index contributed by atoms with van der Waals surface area (Å²) in [5.74, 6) is -0.473. The largest absolute Gasteiger partial charge is 0.462 e. The zero-order chi connectivity index (χ0) is 19.0. The Morgan fingerprint density at radius 1 is 1.19 bits per heavy atom. The molecule has 7 nitrogen and oxygen atoms in total. The van der Waals surface area contributed by atoms with Crippen LogP contribution in [0.2, 0.25) is 0 Å². The zero-order valence-corrected chi connectivity index (χ0v) is 15.9. The third-order valence-corrected chi connectivity index (χ3v) is 5.32. The number of nitrogens with zero attached hydrogens (tertiary/aromatic N) is 3. The second-order valence-corrected chi connectivity index (χ2v) is 6.79. The molecule has 26 heavy (non-hydrogen) atoms. The van der Waals surface area contributed by atoms with E-state index in [1.165, 1.54) is 4.57 Å². The fourth-order valence-corrected chi connectivity index (χ4v) is 3.83. The molecule has 0 aliphatic heterocycles. The lowest BCUT2D eigenvalue weighted by Crippen LogP contribution is -2.24. The highest BCUT2D eigenvalue weighted by atomic mass is 32.1. The summed E-state index contributed by atoms with van der Waals surface area (Å²) in [6.45, 7) is 5.54. The molecule has 0 saturated heterocycles. The summed E-state index contributed by atoms with van der Waals surface area (Å²) in [5, 5.41) is 8.29. The fourth-order valence-electron chi connectivity index (χ4n) is 2.94. The Morgan fingerprint density at radius 2 is 1.85 bits per heavy atom. The van der Waals surface area contributed by atoms with Gasteiger partial charge in [-0.15, -0.1) is 0 Å². The number of ether oxygens (including phenoxy) is 1. The highest BCUT2D eigenvalue weighted by Gasteiger charge is 2.24. The Bertz CT molecular complexity index is 1090. The molecule has 3 aromatic rings. The molecule has 2 aromatic heterocycles. The summed E-state index contributed by atoms with van der Waals surface area (Å²) in [7, 11) is 1.80. The normalized spacial score (nSPS) is 10.9. The highest BCUT2D eigenvalue weighted by molar-refractivity contribution is 7.11. The Kier molecular flexibility index (Phi) is 4.69. The van der Waals surface area contributed by atoms with Crippen molar-refractivity contribution in [3.8, 4) is 11.4 Å². The van der Waals surface area contributed by atoms with Crippen LogP contribution in [0.15, 0.2) is 35.1 Å². The number of benzene rings is 1. The van der Waals surface area contributed by atoms with Crippen LogP contribution in [0.3, 0.4) is 0 Å². The predicted octanol–water partition coefficient (Wildman–Crippen LogP) is 2.30. The van der Waals surface area contributed by atoms with Crippen molar-refractivity contribution >= 4 is 17.3 Å². The van der Waals surface area contributed by atoms with Gasteiger partial charge in [-0.3, -0.25) is 19.5 Å². The number of hydrogen-bond donors (Lipinski definition) is 1. The monoisotopic (exact) mass is 372 g/mol. The molecule has 0 aliphatic rings. The van der Waals surface area contributed by atoms with Crippen LogP contribution in [0.5, 0.6) is 0 Å². The van der Waals surface area contributed by atoms with Gasteiger partial charge < -0.3 is 4.74 Å². The molecular formula is C18H20N4O3S. The molecule has 1 aromatic carbocycles. The quantitative estimate of drug-likeness (QED) is 0.714. The van der Waals surface area contributed by atoms with Crippen LogP contribution >= 0.6 is 11.3 Å². The first-order chi connectivity index (χ1) is 12.4. The van der Waals surface area contributed by atoms with Gasteiger partial charge in [0.05, 0.1) is 18.0 Å². The van der Waals surface area contributed by atoms with Crippen LogP contribution in [0.1, 0.15) is 28.0 Å². The number of para-hydroxylation sites is 1. The van der Waals surface area contributed by atoms with Crippen molar-refractivity contribution in [1.29, 1.82) is 5.41 Å². The minimum absolute atomic E-state index is 0.108. The first-order valence-corrected chi connectivity index (χ1v) is 8.98. The molecule has 1 N–H and O–H groups in total. The lowest BCUT2D eigenvalue weighted by atomic mass is 10.3. The molecule has 0 fully saturated rings. The topological polar surface area (TPSA) is 82.0 Å². The van der Waals surface area contributed by atoms with E-state index < -0.39 is 5.97 Å². The first-order valence-electron chi connectivity index (χ1n) is 8.17. The number of esters is 1. The molecule has 0 spiro atoms. The van der Waals surface area contributed by atoms with Crippen LogP contribution < -0.4 is 10.4 Å². The molecular weight excluding hydrogens is 352 g/mol. The first kappa shape index (κ1) is 17.9. The summed E-state index contributed by atoms with van der Waals surface area (Å²) in [5.41, 5.74) is 2.09. The van der Waals surface area contributed by atoms with Gasteiger partial charge in [-0.25, -0.2) is 9.48 Å². The second kappa shape index (κ2) is 6.80. The Morgan fingerprint density at radius 3 is 2.46 bits per heavy atom. The van der Waals surface area contributed by atoms with Gasteiger partial charge in [-0.1, -0.05) is 29.5 Å². The van der Waals surface area contributed by atoms with Crippen molar-refractivity contribution < 1.29 is 9.53 Å². The van der Waals surface area contributed by atoms with E-state index in [1.807, 2.05) is 37.3 Å². The number of hydrogen-bond acceptors (Lipinski definition) is 5. The molecule has 0 atom stereocenters. The molecule has 0 aliphatic carbocycles. The van der Waals surface area contributed by atoms with Crippen LogP contribution in [0.25, 0.3) is 11.4 Å². The van der Waals surface area contributed by atoms with Gasteiger partial charge in [0.2, 0.25) is 0 Å². The Balaban J connectivity index is 2.26. The molecule has 0 unspecified atom stereocenters. The average molecular weight is 372 g/mol. The minimum atomic E-state index is -0.473. The summed E-state index contributed by atoms with van der Waals surface area (Å²) < 4.78 is 9.88. The zero-order valence-electron chi connectivity index (χ0n) is 15.1. The van der Waals surface area contributed by atoms with Crippen LogP contribution in [-0.4, -0.2) is 26.5 Å². The molecule has 8 heteroatoms. The van der Waals surface area contributed by atoms with Crippen molar-refractivity contribution in [2.45, 2.75) is 20.8 Å². The van der Waals surface area contributed by atoms with Gasteiger partial charge in [-0.2, -0.15) is 0 Å². The molecule has 136 valence electrons. The van der Waals surface area contributed by atoms with Crippen LogP contribution in [-0.2, 0) is 11.8 Å². The SMILES string of the molecule is CCOC(=O)c1sc(=N)n(-c2c(C)n(C)n(-c3ccccc3)c2=O)c1C. The van der Waals surface area contributed by atoms with Gasteiger partial charge in [0, 0.05) is 12.7 Å². The van der Waals surface area contributed by atoms with Gasteiger partial charge in [0.25, 0.3) is 5.56 Å².